The molecule has 2 atom stereocenters. The van der Waals surface area contributed by atoms with E-state index < -0.39 is 11.2 Å². The van der Waals surface area contributed by atoms with Crippen molar-refractivity contribution < 1.29 is 4.79 Å². The Hall–Kier alpha value is -1.90. The predicted molar refractivity (Wildman–Crippen MR) is 109 cm³/mol. The summed E-state index contributed by atoms with van der Waals surface area (Å²) in [7, 11) is 2.97. The summed E-state index contributed by atoms with van der Waals surface area (Å²) < 4.78 is 2.32. The SMILES string of the molecule is CC(N)C1CCCN(C(=O)c2cnc3c(c2)c(=O)n(C)c(=O)n3C)C1.Cl.Cl. The molecule has 150 valence electrons. The van der Waals surface area contributed by atoms with Gasteiger partial charge in [0.25, 0.3) is 11.5 Å². The van der Waals surface area contributed by atoms with Gasteiger partial charge in [-0.05, 0) is 31.7 Å². The van der Waals surface area contributed by atoms with Gasteiger partial charge >= 0.3 is 5.69 Å². The second-order valence-corrected chi connectivity index (χ2v) is 6.81. The molecule has 1 aliphatic rings. The van der Waals surface area contributed by atoms with Gasteiger partial charge in [-0.15, -0.1) is 24.8 Å². The average molecular weight is 418 g/mol. The molecule has 1 amide bonds. The molecule has 0 saturated carbocycles. The summed E-state index contributed by atoms with van der Waals surface area (Å²) in [5.41, 5.74) is 5.72. The first kappa shape index (κ1) is 23.1. The largest absolute Gasteiger partial charge is 0.338 e. The first-order valence-corrected chi connectivity index (χ1v) is 8.42. The number of hydrogen-bond donors (Lipinski definition) is 1. The fraction of sp³-hybridized carbons (Fsp3) is 0.529. The van der Waals surface area contributed by atoms with Gasteiger partial charge in [-0.3, -0.25) is 18.7 Å². The van der Waals surface area contributed by atoms with Crippen LogP contribution >= 0.6 is 24.8 Å². The molecule has 0 aromatic carbocycles. The van der Waals surface area contributed by atoms with Crippen LogP contribution in [0.2, 0.25) is 0 Å². The summed E-state index contributed by atoms with van der Waals surface area (Å²) in [6.45, 7) is 3.24. The minimum absolute atomic E-state index is 0. The molecule has 2 aromatic rings. The van der Waals surface area contributed by atoms with Gasteiger partial charge in [0, 0.05) is 39.4 Å². The Kier molecular flexibility index (Phi) is 7.59. The van der Waals surface area contributed by atoms with E-state index >= 15 is 0 Å². The van der Waals surface area contributed by atoms with Crippen LogP contribution in [0.25, 0.3) is 11.0 Å². The molecule has 1 aliphatic heterocycles. The van der Waals surface area contributed by atoms with Crippen molar-refractivity contribution in [2.24, 2.45) is 25.7 Å². The molecular weight excluding hydrogens is 393 g/mol. The molecular formula is C17H25Cl2N5O3. The number of halogens is 2. The molecule has 0 aliphatic carbocycles. The highest BCUT2D eigenvalue weighted by Gasteiger charge is 2.27. The van der Waals surface area contributed by atoms with E-state index in [2.05, 4.69) is 4.98 Å². The number of amides is 1. The van der Waals surface area contributed by atoms with E-state index in [1.807, 2.05) is 6.92 Å². The van der Waals surface area contributed by atoms with E-state index in [1.54, 1.807) is 11.9 Å². The van der Waals surface area contributed by atoms with Crippen LogP contribution in [0.4, 0.5) is 0 Å². The lowest BCUT2D eigenvalue weighted by molar-refractivity contribution is 0.0660. The first-order chi connectivity index (χ1) is 11.8. The Bertz CT molecular complexity index is 954. The Morgan fingerprint density at radius 3 is 2.56 bits per heavy atom. The van der Waals surface area contributed by atoms with Crippen LogP contribution in [0, 0.1) is 5.92 Å². The summed E-state index contributed by atoms with van der Waals surface area (Å²) in [6.07, 6.45) is 3.36. The predicted octanol–water partition coefficient (Wildman–Crippen LogP) is 0.675. The van der Waals surface area contributed by atoms with Gasteiger partial charge in [-0.2, -0.15) is 0 Å². The van der Waals surface area contributed by atoms with Crippen LogP contribution in [0.3, 0.4) is 0 Å². The van der Waals surface area contributed by atoms with Crippen molar-refractivity contribution in [3.63, 3.8) is 0 Å². The van der Waals surface area contributed by atoms with Gasteiger partial charge < -0.3 is 10.6 Å². The quantitative estimate of drug-likeness (QED) is 0.773. The summed E-state index contributed by atoms with van der Waals surface area (Å²) in [5, 5.41) is 0.260. The van der Waals surface area contributed by atoms with Crippen molar-refractivity contribution in [3.05, 3.63) is 38.7 Å². The van der Waals surface area contributed by atoms with Gasteiger partial charge in [-0.25, -0.2) is 9.78 Å². The number of carbonyl (C=O) groups is 1. The molecule has 8 nitrogen and oxygen atoms in total. The van der Waals surface area contributed by atoms with E-state index in [0.717, 1.165) is 17.4 Å². The highest BCUT2D eigenvalue weighted by molar-refractivity contribution is 5.96. The second kappa shape index (κ2) is 8.86. The fourth-order valence-electron chi connectivity index (χ4n) is 3.39. The zero-order chi connectivity index (χ0) is 18.3. The maximum Gasteiger partial charge on any atom is 0.332 e. The van der Waals surface area contributed by atoms with E-state index in [-0.39, 0.29) is 53.7 Å². The molecule has 0 spiro atoms. The number of likely N-dealkylation sites (tertiary alicyclic amines) is 1. The number of nitrogens with zero attached hydrogens (tertiary/aromatic N) is 4. The van der Waals surface area contributed by atoms with Gasteiger partial charge in [0.15, 0.2) is 0 Å². The lowest BCUT2D eigenvalue weighted by Gasteiger charge is -2.34. The molecule has 3 heterocycles. The van der Waals surface area contributed by atoms with Gasteiger partial charge in [0.1, 0.15) is 5.65 Å². The standard InChI is InChI=1S/C17H23N5O3.2ClH/c1-10(18)11-5-4-6-22(9-11)15(23)12-7-13-14(19-8-12)20(2)17(25)21(3)16(13)24;;/h7-8,10-11H,4-6,9,18H2,1-3H3;2*1H. The van der Waals surface area contributed by atoms with Crippen LogP contribution in [0.15, 0.2) is 21.9 Å². The monoisotopic (exact) mass is 417 g/mol. The van der Waals surface area contributed by atoms with Crippen molar-refractivity contribution in [1.82, 2.24) is 19.0 Å². The first-order valence-electron chi connectivity index (χ1n) is 8.42. The van der Waals surface area contributed by atoms with Gasteiger partial charge in [0.2, 0.25) is 0 Å². The number of rotatable bonds is 2. The molecule has 10 heteroatoms. The number of carbonyl (C=O) groups excluding carboxylic acids is 1. The van der Waals surface area contributed by atoms with Crippen LogP contribution in [-0.4, -0.2) is 44.1 Å². The third-order valence-electron chi connectivity index (χ3n) is 5.03. The normalized spacial score (nSPS) is 17.8. The van der Waals surface area contributed by atoms with E-state index in [4.69, 9.17) is 5.73 Å². The van der Waals surface area contributed by atoms with Gasteiger partial charge in [-0.1, -0.05) is 0 Å². The number of hydrogen-bond acceptors (Lipinski definition) is 5. The number of aromatic nitrogens is 3. The minimum Gasteiger partial charge on any atom is -0.338 e. The van der Waals surface area contributed by atoms with E-state index in [1.165, 1.54) is 23.9 Å². The zero-order valence-electron chi connectivity index (χ0n) is 15.5. The molecule has 1 fully saturated rings. The number of piperidine rings is 1. The third kappa shape index (κ3) is 4.17. The maximum absolute atomic E-state index is 12.8. The fourth-order valence-corrected chi connectivity index (χ4v) is 3.39. The maximum atomic E-state index is 12.8. The Balaban J connectivity index is 0.00000182. The lowest BCUT2D eigenvalue weighted by Crippen LogP contribution is -2.45. The molecule has 1 saturated heterocycles. The second-order valence-electron chi connectivity index (χ2n) is 6.81. The lowest BCUT2D eigenvalue weighted by atomic mass is 9.92. The number of aryl methyl sites for hydroxylation is 1. The molecule has 27 heavy (non-hydrogen) atoms. The van der Waals surface area contributed by atoms with E-state index in [9.17, 15) is 14.4 Å². The number of fused-ring (bicyclic) bond motifs is 1. The van der Waals surface area contributed by atoms with Crippen LogP contribution in [-0.2, 0) is 14.1 Å². The summed E-state index contributed by atoms with van der Waals surface area (Å²) in [5.74, 6) is 0.121. The number of nitrogens with two attached hydrogens (primary N) is 1. The van der Waals surface area contributed by atoms with Crippen molar-refractivity contribution in [2.75, 3.05) is 13.1 Å². The van der Waals surface area contributed by atoms with Crippen LogP contribution in [0.1, 0.15) is 30.1 Å². The van der Waals surface area contributed by atoms with Crippen LogP contribution < -0.4 is 17.0 Å². The molecule has 0 radical (unpaired) electrons. The Morgan fingerprint density at radius 1 is 1.26 bits per heavy atom. The Labute approximate surface area is 169 Å². The average Bonchev–Trinajstić information content (AvgIpc) is 2.63. The molecule has 0 bridgehead atoms. The smallest absolute Gasteiger partial charge is 0.332 e. The highest BCUT2D eigenvalue weighted by Crippen LogP contribution is 2.21. The van der Waals surface area contributed by atoms with Crippen molar-refractivity contribution >= 4 is 41.8 Å². The van der Waals surface area contributed by atoms with Gasteiger partial charge in [0.05, 0.1) is 10.9 Å². The molecule has 3 rings (SSSR count). The number of pyridine rings is 1. The molecule has 2 unspecified atom stereocenters. The Morgan fingerprint density at radius 2 is 1.93 bits per heavy atom. The zero-order valence-corrected chi connectivity index (χ0v) is 17.2. The summed E-state index contributed by atoms with van der Waals surface area (Å²) in [6, 6.07) is 1.56. The third-order valence-corrected chi connectivity index (χ3v) is 5.03. The summed E-state index contributed by atoms with van der Waals surface area (Å²) in [4.78, 5) is 43.1. The van der Waals surface area contributed by atoms with Crippen molar-refractivity contribution in [1.29, 1.82) is 0 Å². The topological polar surface area (TPSA) is 103 Å². The minimum atomic E-state index is -0.452. The van der Waals surface area contributed by atoms with Crippen LogP contribution in [0.5, 0.6) is 0 Å². The molecule has 2 N–H and O–H groups in total. The summed E-state index contributed by atoms with van der Waals surface area (Å²) >= 11 is 0. The highest BCUT2D eigenvalue weighted by atomic mass is 35.5. The van der Waals surface area contributed by atoms with Crippen molar-refractivity contribution in [2.45, 2.75) is 25.8 Å². The molecule has 2 aromatic heterocycles. The van der Waals surface area contributed by atoms with E-state index in [0.29, 0.717) is 18.7 Å². The van der Waals surface area contributed by atoms with Crippen molar-refractivity contribution in [3.8, 4) is 0 Å².